The Morgan fingerprint density at radius 1 is 1.38 bits per heavy atom. The molecule has 3 heterocycles. The minimum atomic E-state index is -0.360. The van der Waals surface area contributed by atoms with Gasteiger partial charge in [0.2, 0.25) is 5.91 Å². The predicted octanol–water partition coefficient (Wildman–Crippen LogP) is 2.13. The maximum absolute atomic E-state index is 12.1. The zero-order valence-corrected chi connectivity index (χ0v) is 14.3. The molecular weight excluding hydrogens is 334 g/mol. The number of ether oxygens (including phenoxy) is 1. The number of anilines is 1. The third kappa shape index (κ3) is 3.23. The van der Waals surface area contributed by atoms with Crippen molar-refractivity contribution in [3.8, 4) is 17.4 Å². The van der Waals surface area contributed by atoms with Gasteiger partial charge < -0.3 is 20.1 Å². The van der Waals surface area contributed by atoms with E-state index in [2.05, 4.69) is 25.3 Å². The van der Waals surface area contributed by atoms with Crippen LogP contribution in [0.2, 0.25) is 0 Å². The molecule has 3 aromatic rings. The SMILES string of the molecule is CCOc1nccc(-c2cc3cnc(NC(=O)[C@H]4C[C@@H](O)C4)cc3[nH]2)n1. The van der Waals surface area contributed by atoms with E-state index in [-0.39, 0.29) is 17.9 Å². The van der Waals surface area contributed by atoms with E-state index in [0.29, 0.717) is 37.0 Å². The van der Waals surface area contributed by atoms with Crippen molar-refractivity contribution in [3.63, 3.8) is 0 Å². The normalized spacial score (nSPS) is 19.2. The van der Waals surface area contributed by atoms with Gasteiger partial charge in [0.05, 0.1) is 29.6 Å². The van der Waals surface area contributed by atoms with Crippen LogP contribution < -0.4 is 10.1 Å². The Balaban J connectivity index is 1.56. The Labute approximate surface area is 149 Å². The van der Waals surface area contributed by atoms with E-state index in [1.54, 1.807) is 24.5 Å². The number of amides is 1. The fourth-order valence-electron chi connectivity index (χ4n) is 2.95. The predicted molar refractivity (Wildman–Crippen MR) is 95.6 cm³/mol. The summed E-state index contributed by atoms with van der Waals surface area (Å²) in [4.78, 5) is 28.1. The number of aliphatic hydroxyl groups excluding tert-OH is 1. The fraction of sp³-hybridized carbons (Fsp3) is 0.333. The molecule has 0 atom stereocenters. The third-order valence-electron chi connectivity index (χ3n) is 4.42. The van der Waals surface area contributed by atoms with Gasteiger partial charge in [-0.2, -0.15) is 4.98 Å². The lowest BCUT2D eigenvalue weighted by molar-refractivity contribution is -0.126. The average Bonchev–Trinajstić information content (AvgIpc) is 3.03. The van der Waals surface area contributed by atoms with Crippen molar-refractivity contribution < 1.29 is 14.6 Å². The van der Waals surface area contributed by atoms with Crippen LogP contribution in [-0.2, 0) is 4.79 Å². The first-order valence-electron chi connectivity index (χ1n) is 8.56. The van der Waals surface area contributed by atoms with Crippen LogP contribution in [0.5, 0.6) is 6.01 Å². The van der Waals surface area contributed by atoms with Gasteiger partial charge in [-0.3, -0.25) is 4.79 Å². The van der Waals surface area contributed by atoms with E-state index in [1.165, 1.54) is 0 Å². The minimum Gasteiger partial charge on any atom is -0.464 e. The highest BCUT2D eigenvalue weighted by atomic mass is 16.5. The van der Waals surface area contributed by atoms with E-state index >= 15 is 0 Å². The first-order chi connectivity index (χ1) is 12.6. The van der Waals surface area contributed by atoms with Crippen molar-refractivity contribution in [3.05, 3.63) is 30.6 Å². The highest BCUT2D eigenvalue weighted by Crippen LogP contribution is 2.29. The van der Waals surface area contributed by atoms with E-state index in [4.69, 9.17) is 4.74 Å². The second kappa shape index (κ2) is 6.72. The van der Waals surface area contributed by atoms with Gasteiger partial charge >= 0.3 is 6.01 Å². The Kier molecular flexibility index (Phi) is 4.26. The van der Waals surface area contributed by atoms with Gasteiger partial charge in [0.1, 0.15) is 5.82 Å². The molecule has 0 saturated heterocycles. The van der Waals surface area contributed by atoms with Gasteiger partial charge in [0, 0.05) is 29.8 Å². The molecule has 1 aliphatic carbocycles. The summed E-state index contributed by atoms with van der Waals surface area (Å²) in [5, 5.41) is 13.0. The Morgan fingerprint density at radius 3 is 3.00 bits per heavy atom. The Hall–Kier alpha value is -3.00. The molecule has 0 radical (unpaired) electrons. The first-order valence-corrected chi connectivity index (χ1v) is 8.56. The monoisotopic (exact) mass is 353 g/mol. The quantitative estimate of drug-likeness (QED) is 0.648. The number of aromatic nitrogens is 4. The van der Waals surface area contributed by atoms with E-state index < -0.39 is 0 Å². The lowest BCUT2D eigenvalue weighted by Gasteiger charge is -2.29. The Morgan fingerprint density at radius 2 is 2.23 bits per heavy atom. The number of hydrogen-bond donors (Lipinski definition) is 3. The average molecular weight is 353 g/mol. The second-order valence-corrected chi connectivity index (χ2v) is 6.31. The summed E-state index contributed by atoms with van der Waals surface area (Å²) >= 11 is 0. The largest absolute Gasteiger partial charge is 0.464 e. The van der Waals surface area contributed by atoms with Crippen LogP contribution in [-0.4, -0.2) is 43.7 Å². The maximum Gasteiger partial charge on any atom is 0.316 e. The topological polar surface area (TPSA) is 113 Å². The smallest absolute Gasteiger partial charge is 0.316 e. The molecule has 0 unspecified atom stereocenters. The molecule has 134 valence electrons. The number of carbonyl (C=O) groups is 1. The minimum absolute atomic E-state index is 0.105. The number of carbonyl (C=O) groups excluding carboxylic acids is 1. The number of nitrogens with zero attached hydrogens (tertiary/aromatic N) is 3. The molecule has 0 bridgehead atoms. The van der Waals surface area contributed by atoms with E-state index in [1.807, 2.05) is 13.0 Å². The lowest BCUT2D eigenvalue weighted by Crippen LogP contribution is -2.37. The molecule has 26 heavy (non-hydrogen) atoms. The summed E-state index contributed by atoms with van der Waals surface area (Å²) in [5.74, 6) is 0.237. The van der Waals surface area contributed by atoms with Gasteiger partial charge in [0.25, 0.3) is 0 Å². The molecule has 3 aromatic heterocycles. The molecule has 0 aromatic carbocycles. The molecule has 1 saturated carbocycles. The summed E-state index contributed by atoms with van der Waals surface area (Å²) in [6.07, 6.45) is 4.01. The summed E-state index contributed by atoms with van der Waals surface area (Å²) in [7, 11) is 0. The zero-order valence-electron chi connectivity index (χ0n) is 14.3. The highest BCUT2D eigenvalue weighted by Gasteiger charge is 2.33. The molecule has 8 nitrogen and oxygen atoms in total. The van der Waals surface area contributed by atoms with Crippen molar-refractivity contribution in [2.24, 2.45) is 5.92 Å². The van der Waals surface area contributed by atoms with Crippen molar-refractivity contribution >= 4 is 22.6 Å². The second-order valence-electron chi connectivity index (χ2n) is 6.31. The van der Waals surface area contributed by atoms with Gasteiger partial charge in [-0.05, 0) is 31.9 Å². The summed E-state index contributed by atoms with van der Waals surface area (Å²) in [6.45, 7) is 2.38. The number of hydrogen-bond acceptors (Lipinski definition) is 6. The van der Waals surface area contributed by atoms with E-state index in [9.17, 15) is 9.90 Å². The highest BCUT2D eigenvalue weighted by molar-refractivity contribution is 5.94. The van der Waals surface area contributed by atoms with Crippen LogP contribution in [0, 0.1) is 5.92 Å². The van der Waals surface area contributed by atoms with Crippen LogP contribution in [0.1, 0.15) is 19.8 Å². The van der Waals surface area contributed by atoms with Gasteiger partial charge in [-0.25, -0.2) is 9.97 Å². The molecule has 1 fully saturated rings. The molecule has 3 N–H and O–H groups in total. The number of nitrogens with one attached hydrogen (secondary N) is 2. The fourth-order valence-corrected chi connectivity index (χ4v) is 2.95. The van der Waals surface area contributed by atoms with Crippen LogP contribution in [0.3, 0.4) is 0 Å². The van der Waals surface area contributed by atoms with Crippen LogP contribution >= 0.6 is 0 Å². The van der Waals surface area contributed by atoms with Crippen LogP contribution in [0.4, 0.5) is 5.82 Å². The molecule has 0 aliphatic heterocycles. The number of aliphatic hydroxyl groups is 1. The van der Waals surface area contributed by atoms with E-state index in [0.717, 1.165) is 16.6 Å². The summed E-state index contributed by atoms with van der Waals surface area (Å²) in [5.41, 5.74) is 2.37. The number of aromatic amines is 1. The first kappa shape index (κ1) is 16.5. The van der Waals surface area contributed by atoms with Crippen molar-refractivity contribution in [2.75, 3.05) is 11.9 Å². The standard InChI is InChI=1S/C18H19N5O3/c1-2-26-18-19-4-3-13(22-18)15-7-11-9-20-16(8-14(11)21-15)23-17(25)10-5-12(24)6-10/h3-4,7-10,12,21,24H,2,5-6H2,1H3,(H,20,23,25)/t10-,12+. The summed E-state index contributed by atoms with van der Waals surface area (Å²) < 4.78 is 5.34. The van der Waals surface area contributed by atoms with Gasteiger partial charge in [-0.15, -0.1) is 0 Å². The van der Waals surface area contributed by atoms with Crippen molar-refractivity contribution in [1.82, 2.24) is 19.9 Å². The maximum atomic E-state index is 12.1. The van der Waals surface area contributed by atoms with Gasteiger partial charge in [-0.1, -0.05) is 0 Å². The number of rotatable bonds is 5. The number of fused-ring (bicyclic) bond motifs is 1. The number of pyridine rings is 1. The zero-order chi connectivity index (χ0) is 18.1. The third-order valence-corrected chi connectivity index (χ3v) is 4.42. The van der Waals surface area contributed by atoms with Crippen LogP contribution in [0.25, 0.3) is 22.3 Å². The molecule has 4 rings (SSSR count). The molecule has 1 amide bonds. The van der Waals surface area contributed by atoms with Gasteiger partial charge in [0.15, 0.2) is 0 Å². The molecule has 0 spiro atoms. The molecule has 1 aliphatic rings. The van der Waals surface area contributed by atoms with Crippen molar-refractivity contribution in [2.45, 2.75) is 25.9 Å². The number of H-pyrrole nitrogens is 1. The molecule has 8 heteroatoms. The van der Waals surface area contributed by atoms with Crippen molar-refractivity contribution in [1.29, 1.82) is 0 Å². The van der Waals surface area contributed by atoms with Crippen LogP contribution in [0.15, 0.2) is 30.6 Å². The summed E-state index contributed by atoms with van der Waals surface area (Å²) in [6, 6.07) is 5.85. The lowest BCUT2D eigenvalue weighted by atomic mass is 9.82. The Bertz CT molecular complexity index is 949. The molecular formula is C18H19N5O3.